The standard InChI is InChI=1S/C14H12BrFN4O/c1-9-4-5-10(15)12(17-9)14-18-13(11-3-2-8-21-11)19-20(14)7-6-16/h2-5,8H,6-7H2,1H3. The lowest BCUT2D eigenvalue weighted by Gasteiger charge is -2.05. The number of hydrogen-bond acceptors (Lipinski definition) is 4. The van der Waals surface area contributed by atoms with Crippen molar-refractivity contribution in [1.29, 1.82) is 0 Å². The van der Waals surface area contributed by atoms with Crippen molar-refractivity contribution in [2.75, 3.05) is 6.67 Å². The summed E-state index contributed by atoms with van der Waals surface area (Å²) in [6.45, 7) is 1.47. The van der Waals surface area contributed by atoms with Crippen molar-refractivity contribution >= 4 is 15.9 Å². The molecule has 0 saturated heterocycles. The number of hydrogen-bond donors (Lipinski definition) is 0. The Balaban J connectivity index is 2.14. The maximum atomic E-state index is 12.8. The predicted octanol–water partition coefficient (Wildman–Crippen LogP) is 3.64. The fourth-order valence-electron chi connectivity index (χ4n) is 1.96. The Morgan fingerprint density at radius 3 is 2.86 bits per heavy atom. The normalized spacial score (nSPS) is 11.0. The molecule has 0 fully saturated rings. The highest BCUT2D eigenvalue weighted by molar-refractivity contribution is 9.10. The third kappa shape index (κ3) is 2.73. The second kappa shape index (κ2) is 5.77. The summed E-state index contributed by atoms with van der Waals surface area (Å²) in [4.78, 5) is 8.90. The molecule has 3 rings (SSSR count). The number of nitrogens with zero attached hydrogens (tertiary/aromatic N) is 4. The van der Waals surface area contributed by atoms with E-state index in [4.69, 9.17) is 4.42 Å². The van der Waals surface area contributed by atoms with E-state index in [1.54, 1.807) is 18.4 Å². The van der Waals surface area contributed by atoms with Crippen molar-refractivity contribution < 1.29 is 8.81 Å². The van der Waals surface area contributed by atoms with Crippen molar-refractivity contribution in [3.05, 3.63) is 40.7 Å². The molecule has 0 unspecified atom stereocenters. The molecule has 0 aliphatic rings. The zero-order valence-corrected chi connectivity index (χ0v) is 12.8. The Hall–Kier alpha value is -2.02. The SMILES string of the molecule is Cc1ccc(Br)c(-c2nc(-c3ccco3)nn2CCF)n1. The molecular formula is C14H12BrFN4O. The number of pyridine rings is 1. The smallest absolute Gasteiger partial charge is 0.217 e. The van der Waals surface area contributed by atoms with Crippen LogP contribution < -0.4 is 0 Å². The number of halogens is 2. The first kappa shape index (κ1) is 13.9. The molecule has 0 bridgehead atoms. The molecule has 0 saturated carbocycles. The highest BCUT2D eigenvalue weighted by Crippen LogP contribution is 2.27. The molecule has 0 atom stereocenters. The van der Waals surface area contributed by atoms with Gasteiger partial charge in [-0.2, -0.15) is 0 Å². The minimum atomic E-state index is -0.530. The van der Waals surface area contributed by atoms with Gasteiger partial charge in [0.15, 0.2) is 11.6 Å². The Labute approximate surface area is 129 Å². The summed E-state index contributed by atoms with van der Waals surface area (Å²) in [5.74, 6) is 1.46. The average molecular weight is 351 g/mol. The lowest BCUT2D eigenvalue weighted by Crippen LogP contribution is -2.05. The van der Waals surface area contributed by atoms with E-state index < -0.39 is 6.67 Å². The molecule has 0 aliphatic carbocycles. The quantitative estimate of drug-likeness (QED) is 0.720. The Kier molecular flexibility index (Phi) is 3.83. The molecule has 3 heterocycles. The van der Waals surface area contributed by atoms with Crippen molar-refractivity contribution in [3.63, 3.8) is 0 Å². The van der Waals surface area contributed by atoms with Crippen molar-refractivity contribution in [2.45, 2.75) is 13.5 Å². The van der Waals surface area contributed by atoms with Gasteiger partial charge in [0.2, 0.25) is 5.82 Å². The number of aryl methyl sites for hydroxylation is 2. The molecule has 3 aromatic heterocycles. The van der Waals surface area contributed by atoms with Crippen LogP contribution in [0.3, 0.4) is 0 Å². The molecule has 0 amide bonds. The van der Waals surface area contributed by atoms with Gasteiger partial charge in [0.05, 0.1) is 12.8 Å². The van der Waals surface area contributed by atoms with Crippen molar-refractivity contribution in [3.8, 4) is 23.1 Å². The van der Waals surface area contributed by atoms with E-state index in [1.807, 2.05) is 19.1 Å². The van der Waals surface area contributed by atoms with Crippen LogP contribution in [-0.4, -0.2) is 26.4 Å². The summed E-state index contributed by atoms with van der Waals surface area (Å²) in [6, 6.07) is 7.29. The van der Waals surface area contributed by atoms with Crippen LogP contribution >= 0.6 is 15.9 Å². The molecule has 0 aliphatic heterocycles. The van der Waals surface area contributed by atoms with E-state index >= 15 is 0 Å². The number of alkyl halides is 1. The fraction of sp³-hybridized carbons (Fsp3) is 0.214. The molecule has 5 nitrogen and oxygen atoms in total. The van der Waals surface area contributed by atoms with Crippen LogP contribution in [0, 0.1) is 6.92 Å². The van der Waals surface area contributed by atoms with Gasteiger partial charge in [0, 0.05) is 10.2 Å². The lowest BCUT2D eigenvalue weighted by atomic mass is 10.3. The van der Waals surface area contributed by atoms with E-state index in [0.717, 1.165) is 10.2 Å². The summed E-state index contributed by atoms with van der Waals surface area (Å²) in [5, 5.41) is 4.30. The monoisotopic (exact) mass is 350 g/mol. The number of aromatic nitrogens is 4. The van der Waals surface area contributed by atoms with Crippen LogP contribution in [0.2, 0.25) is 0 Å². The molecule has 0 radical (unpaired) electrons. The molecule has 0 spiro atoms. The maximum Gasteiger partial charge on any atom is 0.217 e. The minimum Gasteiger partial charge on any atom is -0.461 e. The zero-order chi connectivity index (χ0) is 14.8. The number of rotatable bonds is 4. The van der Waals surface area contributed by atoms with E-state index in [2.05, 4.69) is 31.0 Å². The van der Waals surface area contributed by atoms with Gasteiger partial charge in [0.1, 0.15) is 12.4 Å². The van der Waals surface area contributed by atoms with Crippen LogP contribution in [0.4, 0.5) is 4.39 Å². The zero-order valence-electron chi connectivity index (χ0n) is 11.3. The average Bonchev–Trinajstić information content (AvgIpc) is 3.11. The second-order valence-corrected chi connectivity index (χ2v) is 5.29. The van der Waals surface area contributed by atoms with Crippen LogP contribution in [-0.2, 0) is 6.54 Å². The summed E-state index contributed by atoms with van der Waals surface area (Å²) < 4.78 is 20.3. The molecule has 108 valence electrons. The fourth-order valence-corrected chi connectivity index (χ4v) is 2.36. The summed E-state index contributed by atoms with van der Waals surface area (Å²) in [7, 11) is 0. The van der Waals surface area contributed by atoms with Gasteiger partial charge in [-0.25, -0.2) is 19.0 Å². The first-order valence-corrected chi connectivity index (χ1v) is 7.16. The van der Waals surface area contributed by atoms with E-state index in [-0.39, 0.29) is 6.54 Å². The highest BCUT2D eigenvalue weighted by Gasteiger charge is 2.18. The molecule has 7 heteroatoms. The van der Waals surface area contributed by atoms with Gasteiger partial charge in [-0.15, -0.1) is 5.10 Å². The third-order valence-corrected chi connectivity index (χ3v) is 3.55. The van der Waals surface area contributed by atoms with E-state index in [9.17, 15) is 4.39 Å². The van der Waals surface area contributed by atoms with Gasteiger partial charge in [-0.1, -0.05) is 0 Å². The Morgan fingerprint density at radius 1 is 1.29 bits per heavy atom. The van der Waals surface area contributed by atoms with Gasteiger partial charge in [0.25, 0.3) is 0 Å². The third-order valence-electron chi connectivity index (χ3n) is 2.91. The van der Waals surface area contributed by atoms with Crippen molar-refractivity contribution in [1.82, 2.24) is 19.7 Å². The molecular weight excluding hydrogens is 339 g/mol. The summed E-state index contributed by atoms with van der Waals surface area (Å²) in [5.41, 5.74) is 1.48. The van der Waals surface area contributed by atoms with Crippen molar-refractivity contribution in [2.24, 2.45) is 0 Å². The Bertz CT molecular complexity index is 754. The molecule has 0 N–H and O–H groups in total. The second-order valence-electron chi connectivity index (χ2n) is 4.43. The lowest BCUT2D eigenvalue weighted by molar-refractivity contribution is 0.428. The van der Waals surface area contributed by atoms with E-state index in [0.29, 0.717) is 23.1 Å². The van der Waals surface area contributed by atoms with Gasteiger partial charge in [-0.3, -0.25) is 0 Å². The Morgan fingerprint density at radius 2 is 2.14 bits per heavy atom. The van der Waals surface area contributed by atoms with Gasteiger partial charge in [-0.05, 0) is 47.1 Å². The molecule has 0 aromatic carbocycles. The first-order valence-electron chi connectivity index (χ1n) is 6.37. The van der Waals surface area contributed by atoms with Gasteiger partial charge < -0.3 is 4.42 Å². The van der Waals surface area contributed by atoms with Gasteiger partial charge >= 0.3 is 0 Å². The topological polar surface area (TPSA) is 56.7 Å². The summed E-state index contributed by atoms with van der Waals surface area (Å²) in [6.07, 6.45) is 1.55. The van der Waals surface area contributed by atoms with Crippen LogP contribution in [0.1, 0.15) is 5.69 Å². The largest absolute Gasteiger partial charge is 0.461 e. The number of furan rings is 1. The van der Waals surface area contributed by atoms with Crippen LogP contribution in [0.25, 0.3) is 23.1 Å². The van der Waals surface area contributed by atoms with Crippen LogP contribution in [0.15, 0.2) is 39.4 Å². The first-order chi connectivity index (χ1) is 10.2. The minimum absolute atomic E-state index is 0.116. The highest BCUT2D eigenvalue weighted by atomic mass is 79.9. The molecule has 21 heavy (non-hydrogen) atoms. The molecule has 3 aromatic rings. The maximum absolute atomic E-state index is 12.8. The van der Waals surface area contributed by atoms with E-state index in [1.165, 1.54) is 4.68 Å². The summed E-state index contributed by atoms with van der Waals surface area (Å²) >= 11 is 3.45. The van der Waals surface area contributed by atoms with Crippen LogP contribution in [0.5, 0.6) is 0 Å². The predicted molar refractivity (Wildman–Crippen MR) is 79.4 cm³/mol.